The molecule has 1 fully saturated rings. The van der Waals surface area contributed by atoms with E-state index in [-0.39, 0.29) is 24.0 Å². The summed E-state index contributed by atoms with van der Waals surface area (Å²) in [6.45, 7) is 10.8. The van der Waals surface area contributed by atoms with Gasteiger partial charge < -0.3 is 15.0 Å². The summed E-state index contributed by atoms with van der Waals surface area (Å²) >= 11 is 0. The van der Waals surface area contributed by atoms with Crippen molar-refractivity contribution in [1.82, 2.24) is 15.1 Å². The van der Waals surface area contributed by atoms with Crippen LogP contribution in [0.1, 0.15) is 44.4 Å². The van der Waals surface area contributed by atoms with Gasteiger partial charge in [0, 0.05) is 39.6 Å². The second kappa shape index (κ2) is 9.52. The molecule has 1 N–H and O–H groups in total. The van der Waals surface area contributed by atoms with Crippen molar-refractivity contribution < 1.29 is 14.3 Å². The van der Waals surface area contributed by atoms with Gasteiger partial charge in [-0.1, -0.05) is 38.1 Å². The van der Waals surface area contributed by atoms with Gasteiger partial charge in [0.2, 0.25) is 11.8 Å². The van der Waals surface area contributed by atoms with E-state index in [0.717, 1.165) is 31.6 Å². The lowest BCUT2D eigenvalue weighted by molar-refractivity contribution is -0.133. The quantitative estimate of drug-likeness (QED) is 0.811. The van der Waals surface area contributed by atoms with Crippen molar-refractivity contribution >= 4 is 11.8 Å². The molecule has 6 heteroatoms. The molecule has 2 heterocycles. The smallest absolute Gasteiger partial charge is 0.222 e. The number of hydrogen-bond donors (Lipinski definition) is 1. The molecular formula is C22H33N3O3. The van der Waals surface area contributed by atoms with E-state index in [4.69, 9.17) is 4.74 Å². The highest BCUT2D eigenvalue weighted by Crippen LogP contribution is 2.32. The summed E-state index contributed by atoms with van der Waals surface area (Å²) in [6.07, 6.45) is 1.16. The number of ether oxygens (including phenoxy) is 1. The van der Waals surface area contributed by atoms with Crippen molar-refractivity contribution in [2.24, 2.45) is 5.92 Å². The molecule has 1 aromatic rings. The van der Waals surface area contributed by atoms with Crippen LogP contribution in [0.3, 0.4) is 0 Å². The molecule has 0 spiro atoms. The Hall–Kier alpha value is -1.92. The predicted octanol–water partition coefficient (Wildman–Crippen LogP) is 2.00. The highest BCUT2D eigenvalue weighted by Gasteiger charge is 2.31. The standard InChI is InChI=1S/C22H33N3O3/c1-16(2)14-24-10-11-28-19(15-24)13-23-22(27)12-21-20-7-5-4-6-18(20)8-9-25(21)17(3)26/h4-7,16,19,21H,8-15H2,1-3H3,(H,23,27). The third-order valence-corrected chi connectivity index (χ3v) is 5.57. The maximum Gasteiger partial charge on any atom is 0.222 e. The van der Waals surface area contributed by atoms with E-state index >= 15 is 0 Å². The zero-order valence-corrected chi connectivity index (χ0v) is 17.3. The summed E-state index contributed by atoms with van der Waals surface area (Å²) in [5, 5.41) is 3.04. The first kappa shape index (κ1) is 20.8. The molecule has 1 saturated heterocycles. The number of benzene rings is 1. The summed E-state index contributed by atoms with van der Waals surface area (Å²) in [5.74, 6) is 0.613. The van der Waals surface area contributed by atoms with Gasteiger partial charge in [-0.2, -0.15) is 0 Å². The van der Waals surface area contributed by atoms with Crippen molar-refractivity contribution in [3.63, 3.8) is 0 Å². The SMILES string of the molecule is CC(=O)N1CCc2ccccc2C1CC(=O)NCC1CN(CC(C)C)CCO1. The number of carbonyl (C=O) groups is 2. The first-order valence-electron chi connectivity index (χ1n) is 10.4. The molecule has 0 radical (unpaired) electrons. The molecule has 2 unspecified atom stereocenters. The van der Waals surface area contributed by atoms with E-state index in [1.807, 2.05) is 23.1 Å². The Morgan fingerprint density at radius 2 is 2.04 bits per heavy atom. The summed E-state index contributed by atoms with van der Waals surface area (Å²) < 4.78 is 5.82. The minimum Gasteiger partial charge on any atom is -0.374 e. The first-order chi connectivity index (χ1) is 13.4. The first-order valence-corrected chi connectivity index (χ1v) is 10.4. The van der Waals surface area contributed by atoms with E-state index in [2.05, 4.69) is 30.1 Å². The lowest BCUT2D eigenvalue weighted by Gasteiger charge is -2.37. The summed E-state index contributed by atoms with van der Waals surface area (Å²) in [5.41, 5.74) is 2.33. The zero-order valence-electron chi connectivity index (χ0n) is 17.3. The van der Waals surface area contributed by atoms with Gasteiger partial charge in [0.1, 0.15) is 0 Å². The molecule has 0 bridgehead atoms. The van der Waals surface area contributed by atoms with Crippen molar-refractivity contribution in [2.75, 3.05) is 39.3 Å². The summed E-state index contributed by atoms with van der Waals surface area (Å²) in [4.78, 5) is 29.0. The number of carbonyl (C=O) groups excluding carboxylic acids is 2. The van der Waals surface area contributed by atoms with E-state index in [0.29, 0.717) is 32.0 Å². The Morgan fingerprint density at radius 1 is 1.25 bits per heavy atom. The number of rotatable bonds is 6. The van der Waals surface area contributed by atoms with Crippen LogP contribution in [0, 0.1) is 5.92 Å². The van der Waals surface area contributed by atoms with Gasteiger partial charge in [0.05, 0.1) is 25.2 Å². The molecule has 154 valence electrons. The maximum absolute atomic E-state index is 12.7. The van der Waals surface area contributed by atoms with E-state index in [1.165, 1.54) is 5.56 Å². The van der Waals surface area contributed by atoms with Crippen LogP contribution in [0.4, 0.5) is 0 Å². The van der Waals surface area contributed by atoms with Gasteiger partial charge in [-0.05, 0) is 23.5 Å². The monoisotopic (exact) mass is 387 g/mol. The van der Waals surface area contributed by atoms with E-state index < -0.39 is 0 Å². The third kappa shape index (κ3) is 5.32. The van der Waals surface area contributed by atoms with Crippen LogP contribution in [0.5, 0.6) is 0 Å². The van der Waals surface area contributed by atoms with Crippen LogP contribution < -0.4 is 5.32 Å². The van der Waals surface area contributed by atoms with Crippen molar-refractivity contribution in [3.05, 3.63) is 35.4 Å². The Balaban J connectivity index is 1.57. The molecule has 3 rings (SSSR count). The van der Waals surface area contributed by atoms with E-state index in [1.54, 1.807) is 6.92 Å². The molecule has 0 saturated carbocycles. The van der Waals surface area contributed by atoms with Crippen molar-refractivity contribution in [2.45, 2.75) is 45.8 Å². The highest BCUT2D eigenvalue weighted by atomic mass is 16.5. The average Bonchev–Trinajstić information content (AvgIpc) is 2.66. The van der Waals surface area contributed by atoms with Gasteiger partial charge in [0.25, 0.3) is 0 Å². The van der Waals surface area contributed by atoms with Gasteiger partial charge in [0.15, 0.2) is 0 Å². The lowest BCUT2D eigenvalue weighted by Crippen LogP contribution is -2.49. The fraction of sp³-hybridized carbons (Fsp3) is 0.636. The normalized spacial score (nSPS) is 22.8. The number of morpholine rings is 1. The molecule has 6 nitrogen and oxygen atoms in total. The predicted molar refractivity (Wildman–Crippen MR) is 109 cm³/mol. The Bertz CT molecular complexity index is 691. The van der Waals surface area contributed by atoms with Crippen LogP contribution in [-0.4, -0.2) is 67.0 Å². The fourth-order valence-corrected chi connectivity index (χ4v) is 4.31. The number of fused-ring (bicyclic) bond motifs is 1. The number of nitrogens with zero attached hydrogens (tertiary/aromatic N) is 2. The van der Waals surface area contributed by atoms with Crippen LogP contribution in [0.25, 0.3) is 0 Å². The molecule has 2 amide bonds. The minimum absolute atomic E-state index is 0.0206. The fourth-order valence-electron chi connectivity index (χ4n) is 4.31. The minimum atomic E-state index is -0.188. The number of nitrogens with one attached hydrogen (secondary N) is 1. The Kier molecular flexibility index (Phi) is 7.08. The van der Waals surface area contributed by atoms with Crippen LogP contribution in [0.15, 0.2) is 24.3 Å². The zero-order chi connectivity index (χ0) is 20.1. The lowest BCUT2D eigenvalue weighted by atomic mass is 9.90. The van der Waals surface area contributed by atoms with Crippen LogP contribution in [-0.2, 0) is 20.7 Å². The topological polar surface area (TPSA) is 61.9 Å². The second-order valence-electron chi connectivity index (χ2n) is 8.33. The largest absolute Gasteiger partial charge is 0.374 e. The maximum atomic E-state index is 12.7. The average molecular weight is 388 g/mol. The van der Waals surface area contributed by atoms with Crippen LogP contribution in [0.2, 0.25) is 0 Å². The van der Waals surface area contributed by atoms with Gasteiger partial charge in [-0.25, -0.2) is 0 Å². The molecule has 1 aromatic carbocycles. The van der Waals surface area contributed by atoms with E-state index in [9.17, 15) is 9.59 Å². The van der Waals surface area contributed by atoms with Gasteiger partial charge >= 0.3 is 0 Å². The molecule has 2 atom stereocenters. The summed E-state index contributed by atoms with van der Waals surface area (Å²) in [6, 6.07) is 7.94. The molecule has 2 aliphatic heterocycles. The molecule has 0 aromatic heterocycles. The Labute approximate surface area is 168 Å². The van der Waals surface area contributed by atoms with Crippen molar-refractivity contribution in [3.8, 4) is 0 Å². The highest BCUT2D eigenvalue weighted by molar-refractivity contribution is 5.79. The Morgan fingerprint density at radius 3 is 2.79 bits per heavy atom. The summed E-state index contributed by atoms with van der Waals surface area (Å²) in [7, 11) is 0. The molecular weight excluding hydrogens is 354 g/mol. The molecule has 2 aliphatic rings. The third-order valence-electron chi connectivity index (χ3n) is 5.57. The second-order valence-corrected chi connectivity index (χ2v) is 8.33. The number of amides is 2. The van der Waals surface area contributed by atoms with Crippen molar-refractivity contribution in [1.29, 1.82) is 0 Å². The van der Waals surface area contributed by atoms with Crippen LogP contribution >= 0.6 is 0 Å². The van der Waals surface area contributed by atoms with Gasteiger partial charge in [-0.3, -0.25) is 14.5 Å². The van der Waals surface area contributed by atoms with Gasteiger partial charge in [-0.15, -0.1) is 0 Å². The molecule has 0 aliphatic carbocycles. The molecule has 28 heavy (non-hydrogen) atoms. The number of hydrogen-bond acceptors (Lipinski definition) is 4.